The first-order valence-corrected chi connectivity index (χ1v) is 5.61. The lowest BCUT2D eigenvalue weighted by molar-refractivity contribution is 0.452. The van der Waals surface area contributed by atoms with Gasteiger partial charge in [0.1, 0.15) is 5.82 Å². The Labute approximate surface area is 91.7 Å². The summed E-state index contributed by atoms with van der Waals surface area (Å²) in [7, 11) is 0. The molecule has 0 amide bonds. The number of rotatable bonds is 5. The van der Waals surface area contributed by atoms with Crippen LogP contribution in [0.4, 0.5) is 4.39 Å². The lowest BCUT2D eigenvalue weighted by atomic mass is 9.89. The Morgan fingerprint density at radius 2 is 2.07 bits per heavy atom. The number of nitrogens with one attached hydrogen (secondary N) is 1. The van der Waals surface area contributed by atoms with E-state index < -0.39 is 0 Å². The summed E-state index contributed by atoms with van der Waals surface area (Å²) < 4.78 is 13.0. The van der Waals surface area contributed by atoms with Crippen molar-refractivity contribution >= 4 is 0 Å². The largest absolute Gasteiger partial charge is 0.317 e. The molecule has 0 spiro atoms. The monoisotopic (exact) mass is 209 g/mol. The highest BCUT2D eigenvalue weighted by Gasteiger charge is 2.13. The molecule has 2 heteroatoms. The fraction of sp³-hybridized carbons (Fsp3) is 0.538. The topological polar surface area (TPSA) is 12.0 Å². The first kappa shape index (κ1) is 12.2. The van der Waals surface area contributed by atoms with Gasteiger partial charge in [-0.3, -0.25) is 0 Å². The second kappa shape index (κ2) is 5.86. The van der Waals surface area contributed by atoms with E-state index in [1.54, 1.807) is 12.1 Å². The molecule has 0 aliphatic heterocycles. The molecule has 0 bridgehead atoms. The first-order chi connectivity index (χ1) is 7.15. The molecule has 2 atom stereocenters. The molecule has 84 valence electrons. The molecule has 0 aliphatic carbocycles. The average Bonchev–Trinajstić information content (AvgIpc) is 2.24. The Morgan fingerprint density at radius 1 is 1.33 bits per heavy atom. The van der Waals surface area contributed by atoms with Crippen LogP contribution in [-0.2, 0) is 0 Å². The van der Waals surface area contributed by atoms with E-state index in [0.717, 1.165) is 18.7 Å². The molecule has 1 rings (SSSR count). The molecule has 1 aromatic rings. The summed E-state index contributed by atoms with van der Waals surface area (Å²) >= 11 is 0. The molecule has 0 saturated heterocycles. The molecule has 1 N–H and O–H groups in total. The van der Waals surface area contributed by atoms with Crippen LogP contribution in [0.1, 0.15) is 32.3 Å². The van der Waals surface area contributed by atoms with E-state index in [1.165, 1.54) is 6.07 Å². The van der Waals surface area contributed by atoms with Crippen molar-refractivity contribution in [2.24, 2.45) is 5.92 Å². The van der Waals surface area contributed by atoms with E-state index in [1.807, 2.05) is 6.07 Å². The van der Waals surface area contributed by atoms with Crippen molar-refractivity contribution in [3.8, 4) is 0 Å². The minimum atomic E-state index is -0.144. The molecule has 1 aromatic carbocycles. The van der Waals surface area contributed by atoms with Crippen LogP contribution in [-0.4, -0.2) is 13.1 Å². The van der Waals surface area contributed by atoms with Gasteiger partial charge in [-0.1, -0.05) is 32.9 Å². The molecule has 1 nitrogen and oxygen atoms in total. The quantitative estimate of drug-likeness (QED) is 0.785. The van der Waals surface area contributed by atoms with E-state index in [9.17, 15) is 4.39 Å². The zero-order chi connectivity index (χ0) is 11.3. The highest BCUT2D eigenvalue weighted by molar-refractivity contribution is 5.20. The second-order valence-electron chi connectivity index (χ2n) is 4.13. The summed E-state index contributed by atoms with van der Waals surface area (Å²) in [6.07, 6.45) is 0. The third-order valence-electron chi connectivity index (χ3n) is 2.94. The minimum absolute atomic E-state index is 0.144. The van der Waals surface area contributed by atoms with Gasteiger partial charge in [0.15, 0.2) is 0 Å². The van der Waals surface area contributed by atoms with E-state index >= 15 is 0 Å². The van der Waals surface area contributed by atoms with Crippen LogP contribution in [0.2, 0.25) is 0 Å². The molecule has 0 aromatic heterocycles. The number of halogens is 1. The van der Waals surface area contributed by atoms with Gasteiger partial charge in [-0.15, -0.1) is 0 Å². The van der Waals surface area contributed by atoms with Crippen molar-refractivity contribution in [2.75, 3.05) is 13.1 Å². The SMILES string of the molecule is CCNCC(C)C(C)c1cccc(F)c1. The first-order valence-electron chi connectivity index (χ1n) is 5.61. The lowest BCUT2D eigenvalue weighted by Crippen LogP contribution is -2.24. The fourth-order valence-corrected chi connectivity index (χ4v) is 1.67. The van der Waals surface area contributed by atoms with Crippen molar-refractivity contribution in [3.63, 3.8) is 0 Å². The van der Waals surface area contributed by atoms with E-state index in [-0.39, 0.29) is 5.82 Å². The van der Waals surface area contributed by atoms with Crippen LogP contribution in [0.3, 0.4) is 0 Å². The predicted molar refractivity (Wildman–Crippen MR) is 62.5 cm³/mol. The molecule has 0 radical (unpaired) electrons. The van der Waals surface area contributed by atoms with E-state index in [0.29, 0.717) is 11.8 Å². The molecule has 2 unspecified atom stereocenters. The fourth-order valence-electron chi connectivity index (χ4n) is 1.67. The molecule has 0 saturated carbocycles. The van der Waals surface area contributed by atoms with Gasteiger partial charge in [-0.05, 0) is 42.6 Å². The third-order valence-corrected chi connectivity index (χ3v) is 2.94. The zero-order valence-corrected chi connectivity index (χ0v) is 9.76. The Balaban J connectivity index is 2.62. The summed E-state index contributed by atoms with van der Waals surface area (Å²) in [6.45, 7) is 8.41. The van der Waals surface area contributed by atoms with Gasteiger partial charge in [0.05, 0.1) is 0 Å². The average molecular weight is 209 g/mol. The summed E-state index contributed by atoms with van der Waals surface area (Å²) in [6, 6.07) is 6.90. The van der Waals surface area contributed by atoms with Gasteiger partial charge in [0.25, 0.3) is 0 Å². The lowest BCUT2D eigenvalue weighted by Gasteiger charge is -2.20. The number of benzene rings is 1. The maximum absolute atomic E-state index is 13.0. The Morgan fingerprint density at radius 3 is 2.67 bits per heavy atom. The normalized spacial score (nSPS) is 14.9. The Hall–Kier alpha value is -0.890. The Bertz CT molecular complexity index is 298. The summed E-state index contributed by atoms with van der Waals surface area (Å²) in [4.78, 5) is 0. The molecule has 0 heterocycles. The number of hydrogen-bond donors (Lipinski definition) is 1. The maximum atomic E-state index is 13.0. The van der Waals surface area contributed by atoms with Gasteiger partial charge < -0.3 is 5.32 Å². The van der Waals surface area contributed by atoms with Crippen molar-refractivity contribution in [1.82, 2.24) is 5.32 Å². The highest BCUT2D eigenvalue weighted by atomic mass is 19.1. The van der Waals surface area contributed by atoms with Crippen molar-refractivity contribution in [2.45, 2.75) is 26.7 Å². The van der Waals surface area contributed by atoms with Crippen LogP contribution in [0.25, 0.3) is 0 Å². The van der Waals surface area contributed by atoms with Crippen LogP contribution in [0.15, 0.2) is 24.3 Å². The summed E-state index contributed by atoms with van der Waals surface area (Å²) in [5.74, 6) is 0.765. The van der Waals surface area contributed by atoms with Crippen molar-refractivity contribution < 1.29 is 4.39 Å². The van der Waals surface area contributed by atoms with Crippen LogP contribution in [0.5, 0.6) is 0 Å². The van der Waals surface area contributed by atoms with Gasteiger partial charge >= 0.3 is 0 Å². The Kier molecular flexibility index (Phi) is 4.76. The second-order valence-corrected chi connectivity index (χ2v) is 4.13. The van der Waals surface area contributed by atoms with Gasteiger partial charge in [0.2, 0.25) is 0 Å². The van der Waals surface area contributed by atoms with Crippen LogP contribution >= 0.6 is 0 Å². The minimum Gasteiger partial charge on any atom is -0.317 e. The summed E-state index contributed by atoms with van der Waals surface area (Å²) in [5.41, 5.74) is 1.08. The molecule has 15 heavy (non-hydrogen) atoms. The van der Waals surface area contributed by atoms with Gasteiger partial charge in [0, 0.05) is 0 Å². The van der Waals surface area contributed by atoms with E-state index in [4.69, 9.17) is 0 Å². The number of hydrogen-bond acceptors (Lipinski definition) is 1. The van der Waals surface area contributed by atoms with E-state index in [2.05, 4.69) is 26.1 Å². The predicted octanol–water partition coefficient (Wildman–Crippen LogP) is 3.17. The van der Waals surface area contributed by atoms with Crippen LogP contribution in [0, 0.1) is 11.7 Å². The molecular weight excluding hydrogens is 189 g/mol. The zero-order valence-electron chi connectivity index (χ0n) is 9.76. The van der Waals surface area contributed by atoms with Gasteiger partial charge in [-0.25, -0.2) is 4.39 Å². The van der Waals surface area contributed by atoms with Gasteiger partial charge in [-0.2, -0.15) is 0 Å². The smallest absolute Gasteiger partial charge is 0.123 e. The maximum Gasteiger partial charge on any atom is 0.123 e. The van der Waals surface area contributed by atoms with Crippen molar-refractivity contribution in [1.29, 1.82) is 0 Å². The van der Waals surface area contributed by atoms with Crippen molar-refractivity contribution in [3.05, 3.63) is 35.6 Å². The highest BCUT2D eigenvalue weighted by Crippen LogP contribution is 2.23. The molecule has 0 aliphatic rings. The molecule has 0 fully saturated rings. The third kappa shape index (κ3) is 3.63. The molecular formula is C13H20FN. The van der Waals surface area contributed by atoms with Crippen LogP contribution < -0.4 is 5.32 Å². The standard InChI is InChI=1S/C13H20FN/c1-4-15-9-10(2)11(3)12-6-5-7-13(14)8-12/h5-8,10-11,15H,4,9H2,1-3H3. The summed E-state index contributed by atoms with van der Waals surface area (Å²) in [5, 5.41) is 3.32.